The summed E-state index contributed by atoms with van der Waals surface area (Å²) >= 11 is 0. The summed E-state index contributed by atoms with van der Waals surface area (Å²) in [5.74, 6) is 0. The van der Waals surface area contributed by atoms with Gasteiger partial charge in [0.15, 0.2) is 0 Å². The molecule has 0 fully saturated rings. The van der Waals surface area contributed by atoms with Gasteiger partial charge in [-0.15, -0.1) is 0 Å². The van der Waals surface area contributed by atoms with Crippen LogP contribution in [0.15, 0.2) is 0 Å². The van der Waals surface area contributed by atoms with Crippen LogP contribution in [0.25, 0.3) is 0 Å². The van der Waals surface area contributed by atoms with E-state index in [9.17, 15) is 5.11 Å². The largest absolute Gasteiger partial charge is 0.394 e. The van der Waals surface area contributed by atoms with Crippen LogP contribution in [0, 0.1) is 0 Å². The Kier molecular flexibility index (Phi) is 11.4. The topological polar surface area (TPSA) is 40.5 Å². The van der Waals surface area contributed by atoms with Crippen molar-refractivity contribution in [1.82, 2.24) is 0 Å². The van der Waals surface area contributed by atoms with Gasteiger partial charge in [-0.3, -0.25) is 0 Å². The van der Waals surface area contributed by atoms with Crippen molar-refractivity contribution in [3.05, 3.63) is 0 Å². The van der Waals surface area contributed by atoms with Gasteiger partial charge in [-0.05, 0) is 19.3 Å². The van der Waals surface area contributed by atoms with Gasteiger partial charge in [-0.25, -0.2) is 0 Å². The van der Waals surface area contributed by atoms with Gasteiger partial charge in [-0.1, -0.05) is 40.0 Å². The zero-order valence-electron chi connectivity index (χ0n) is 12.7. The molecule has 0 saturated carbocycles. The molecule has 0 amide bonds. The van der Waals surface area contributed by atoms with Gasteiger partial charge >= 0.3 is 0 Å². The second kappa shape index (κ2) is 11.2. The molecule has 0 heterocycles. The Morgan fingerprint density at radius 3 is 1.50 bits per heavy atom. The molecule has 0 aliphatic carbocycles. The predicted octanol–water partition coefficient (Wildman–Crippen LogP) is 3.76. The lowest BCUT2D eigenvalue weighted by atomic mass is 10.4. The molecule has 18 heavy (non-hydrogen) atoms. The van der Waals surface area contributed by atoms with Crippen LogP contribution >= 0.6 is 7.26 Å². The van der Waals surface area contributed by atoms with Gasteiger partial charge in [0.1, 0.15) is 6.10 Å². The van der Waals surface area contributed by atoms with E-state index in [-0.39, 0.29) is 6.61 Å². The summed E-state index contributed by atoms with van der Waals surface area (Å²) < 4.78 is 0. The first-order valence-electron chi connectivity index (χ1n) is 7.78. The Hall–Kier alpha value is 0.350. The molecule has 0 spiro atoms. The van der Waals surface area contributed by atoms with Crippen LogP contribution in [0.5, 0.6) is 0 Å². The van der Waals surface area contributed by atoms with E-state index in [4.69, 9.17) is 5.11 Å². The van der Waals surface area contributed by atoms with E-state index < -0.39 is 13.4 Å². The highest BCUT2D eigenvalue weighted by Gasteiger charge is 2.37. The lowest BCUT2D eigenvalue weighted by Gasteiger charge is -2.29. The average molecular weight is 277 g/mol. The Labute approximate surface area is 115 Å². The van der Waals surface area contributed by atoms with Crippen LogP contribution in [0.2, 0.25) is 0 Å². The van der Waals surface area contributed by atoms with Gasteiger partial charge in [0.2, 0.25) is 0 Å². The smallest absolute Gasteiger partial charge is 0.110 e. The van der Waals surface area contributed by atoms with Gasteiger partial charge in [0.05, 0.1) is 31.3 Å². The first-order valence-corrected chi connectivity index (χ1v) is 10.3. The highest BCUT2D eigenvalue weighted by Crippen LogP contribution is 2.61. The molecule has 0 aromatic rings. The highest BCUT2D eigenvalue weighted by atomic mass is 31.2. The van der Waals surface area contributed by atoms with Crippen molar-refractivity contribution in [2.24, 2.45) is 0 Å². The summed E-state index contributed by atoms with van der Waals surface area (Å²) in [6, 6.07) is 0. The molecule has 1 unspecified atom stereocenters. The Balaban J connectivity index is 4.61. The third-order valence-corrected chi connectivity index (χ3v) is 8.76. The van der Waals surface area contributed by atoms with Gasteiger partial charge in [0, 0.05) is 7.26 Å². The third-order valence-electron chi connectivity index (χ3n) is 3.77. The Bertz CT molecular complexity index is 164. The minimum atomic E-state index is -1.03. The molecule has 3 heteroatoms. The molecule has 0 aliphatic rings. The molecule has 1 atom stereocenters. The Morgan fingerprint density at radius 1 is 0.833 bits per heavy atom. The lowest BCUT2D eigenvalue weighted by molar-refractivity contribution is 0.112. The number of hydrogen-bond acceptors (Lipinski definition) is 2. The fourth-order valence-electron chi connectivity index (χ4n) is 2.59. The molecule has 0 aromatic carbocycles. The first-order chi connectivity index (χ1) is 8.64. The molecule has 2 nitrogen and oxygen atoms in total. The number of rotatable bonds is 12. The molecule has 0 bridgehead atoms. The van der Waals surface area contributed by atoms with Crippen LogP contribution < -0.4 is 0 Å². The molecule has 0 aromatic heterocycles. The van der Waals surface area contributed by atoms with Gasteiger partial charge < -0.3 is 10.2 Å². The summed E-state index contributed by atoms with van der Waals surface area (Å²) in [4.78, 5) is 0. The normalized spacial score (nSPS) is 13.8. The van der Waals surface area contributed by atoms with Crippen LogP contribution in [-0.2, 0) is 0 Å². The van der Waals surface area contributed by atoms with E-state index in [1.54, 1.807) is 0 Å². The molecular weight excluding hydrogens is 243 g/mol. The molecule has 0 aliphatic heterocycles. The van der Waals surface area contributed by atoms with Crippen LogP contribution in [-0.4, -0.2) is 47.6 Å². The fraction of sp³-hybridized carbons (Fsp3) is 1.00. The van der Waals surface area contributed by atoms with Crippen molar-refractivity contribution < 1.29 is 10.2 Å². The van der Waals surface area contributed by atoms with Crippen molar-refractivity contribution in [3.63, 3.8) is 0 Å². The molecule has 0 rings (SSSR count). The van der Waals surface area contributed by atoms with E-state index in [2.05, 4.69) is 20.8 Å². The van der Waals surface area contributed by atoms with Gasteiger partial charge in [-0.2, -0.15) is 0 Å². The lowest BCUT2D eigenvalue weighted by Crippen LogP contribution is -2.24. The fourth-order valence-corrected chi connectivity index (χ4v) is 7.78. The maximum absolute atomic E-state index is 9.87. The second-order valence-corrected chi connectivity index (χ2v) is 9.98. The minimum absolute atomic E-state index is 0.0634. The van der Waals surface area contributed by atoms with Crippen molar-refractivity contribution in [2.45, 2.75) is 65.4 Å². The summed E-state index contributed by atoms with van der Waals surface area (Å²) in [7, 11) is -1.03. The van der Waals surface area contributed by atoms with Crippen LogP contribution in [0.4, 0.5) is 0 Å². The summed E-state index contributed by atoms with van der Waals surface area (Å²) in [5.41, 5.74) is 0. The SMILES string of the molecule is CCCC[P+](CCCC)(CCCC)CC(O)CO. The van der Waals surface area contributed by atoms with Crippen LogP contribution in [0.3, 0.4) is 0 Å². The summed E-state index contributed by atoms with van der Waals surface area (Å²) in [6.07, 6.45) is 12.0. The third kappa shape index (κ3) is 7.71. The molecule has 0 saturated heterocycles. The van der Waals surface area contributed by atoms with Crippen molar-refractivity contribution in [2.75, 3.05) is 31.3 Å². The van der Waals surface area contributed by atoms with Gasteiger partial charge in [0.25, 0.3) is 0 Å². The van der Waals surface area contributed by atoms with Crippen molar-refractivity contribution >= 4 is 7.26 Å². The predicted molar refractivity (Wildman–Crippen MR) is 84.2 cm³/mol. The highest BCUT2D eigenvalue weighted by molar-refractivity contribution is 7.75. The Morgan fingerprint density at radius 2 is 1.22 bits per heavy atom. The first kappa shape index (κ1) is 18.4. The maximum Gasteiger partial charge on any atom is 0.110 e. The number of aliphatic hydroxyl groups is 2. The van der Waals surface area contributed by atoms with E-state index in [0.717, 1.165) is 6.16 Å². The molecule has 2 N–H and O–H groups in total. The zero-order chi connectivity index (χ0) is 13.9. The monoisotopic (exact) mass is 277 g/mol. The summed E-state index contributed by atoms with van der Waals surface area (Å²) in [5, 5.41) is 19.0. The second-order valence-electron chi connectivity index (χ2n) is 5.59. The molecular formula is C15H34O2P+. The quantitative estimate of drug-likeness (QED) is 0.533. The molecule has 0 radical (unpaired) electrons. The standard InChI is InChI=1S/C15H34O2P/c1-4-7-10-18(11-8-5-2,12-9-6-3)14-15(17)13-16/h15-17H,4-14H2,1-3H3/q+1. The number of hydrogen-bond donors (Lipinski definition) is 2. The maximum atomic E-state index is 9.87. The van der Waals surface area contributed by atoms with E-state index >= 15 is 0 Å². The van der Waals surface area contributed by atoms with E-state index in [0.29, 0.717) is 0 Å². The molecule has 110 valence electrons. The van der Waals surface area contributed by atoms with Crippen molar-refractivity contribution in [3.8, 4) is 0 Å². The van der Waals surface area contributed by atoms with E-state index in [1.807, 2.05) is 0 Å². The summed E-state index contributed by atoms with van der Waals surface area (Å²) in [6.45, 7) is 6.68. The minimum Gasteiger partial charge on any atom is -0.394 e. The van der Waals surface area contributed by atoms with Crippen molar-refractivity contribution in [1.29, 1.82) is 0 Å². The average Bonchev–Trinajstić information content (AvgIpc) is 2.40. The van der Waals surface area contributed by atoms with E-state index in [1.165, 1.54) is 57.0 Å². The van der Waals surface area contributed by atoms with Crippen LogP contribution in [0.1, 0.15) is 59.3 Å². The number of aliphatic hydroxyl groups excluding tert-OH is 2. The zero-order valence-corrected chi connectivity index (χ0v) is 13.6. The number of unbranched alkanes of at least 4 members (excludes halogenated alkanes) is 3.